The number of rotatable bonds is 2. The van der Waals surface area contributed by atoms with Crippen LogP contribution in [-0.4, -0.2) is 33.8 Å². The molecule has 0 unspecified atom stereocenters. The average Bonchev–Trinajstić information content (AvgIpc) is 2.71. The molecule has 3 rings (SSSR count). The van der Waals surface area contributed by atoms with Crippen LogP contribution in [0.5, 0.6) is 5.75 Å². The number of carbonyl (C=O) groups excluding carboxylic acids is 2. The zero-order valence-electron chi connectivity index (χ0n) is 11.6. The van der Waals surface area contributed by atoms with E-state index in [4.69, 9.17) is 0 Å². The van der Waals surface area contributed by atoms with Crippen LogP contribution >= 0.6 is 0 Å². The summed E-state index contributed by atoms with van der Waals surface area (Å²) in [6, 6.07) is 5.91. The third-order valence-corrected chi connectivity index (χ3v) is 4.06. The molecule has 1 saturated heterocycles. The van der Waals surface area contributed by atoms with Crippen molar-refractivity contribution in [1.82, 2.24) is 10.3 Å². The van der Waals surface area contributed by atoms with Gasteiger partial charge < -0.3 is 10.4 Å². The van der Waals surface area contributed by atoms with E-state index in [1.165, 1.54) is 18.3 Å². The third-order valence-electron chi connectivity index (χ3n) is 4.06. The summed E-state index contributed by atoms with van der Waals surface area (Å²) in [7, 11) is 0. The summed E-state index contributed by atoms with van der Waals surface area (Å²) in [6.07, 6.45) is 5.80. The maximum absolute atomic E-state index is 12.5. The topological polar surface area (TPSA) is 82.0 Å². The molecule has 2 fully saturated rings. The molecule has 21 heavy (non-hydrogen) atoms. The van der Waals surface area contributed by atoms with E-state index >= 15 is 0 Å². The molecule has 2 aliphatic rings. The van der Waals surface area contributed by atoms with Crippen LogP contribution in [0.1, 0.15) is 37.7 Å². The van der Waals surface area contributed by atoms with E-state index < -0.39 is 11.6 Å². The van der Waals surface area contributed by atoms with Crippen LogP contribution in [0.4, 0.5) is 4.79 Å². The van der Waals surface area contributed by atoms with Crippen LogP contribution < -0.4 is 5.32 Å². The molecule has 0 bridgehead atoms. The van der Waals surface area contributed by atoms with Gasteiger partial charge in [-0.3, -0.25) is 4.79 Å². The fourth-order valence-electron chi connectivity index (χ4n) is 2.89. The Labute approximate surface area is 122 Å². The number of nitrogens with zero attached hydrogens (tertiary/aromatic N) is 2. The molecule has 0 atom stereocenters. The summed E-state index contributed by atoms with van der Waals surface area (Å²) >= 11 is 0. The molecule has 0 aromatic heterocycles. The summed E-state index contributed by atoms with van der Waals surface area (Å²) in [5.74, 6) is -0.106. The SMILES string of the molecule is O=C1NC2(CCCCC2)C(=O)N1N=Cc1ccc(O)cc1. The minimum atomic E-state index is -0.748. The van der Waals surface area contributed by atoms with Gasteiger partial charge in [-0.15, -0.1) is 5.01 Å². The molecule has 1 spiro atoms. The van der Waals surface area contributed by atoms with Crippen molar-refractivity contribution < 1.29 is 14.7 Å². The van der Waals surface area contributed by atoms with Crippen molar-refractivity contribution in [3.63, 3.8) is 0 Å². The molecule has 6 nitrogen and oxygen atoms in total. The maximum atomic E-state index is 12.5. The summed E-state index contributed by atoms with van der Waals surface area (Å²) < 4.78 is 0. The lowest BCUT2D eigenvalue weighted by atomic mass is 9.82. The highest BCUT2D eigenvalue weighted by Crippen LogP contribution is 2.33. The molecule has 1 aromatic rings. The Morgan fingerprint density at radius 3 is 2.48 bits per heavy atom. The number of benzene rings is 1. The van der Waals surface area contributed by atoms with Crippen LogP contribution in [0.15, 0.2) is 29.4 Å². The lowest BCUT2D eigenvalue weighted by molar-refractivity contribution is -0.132. The number of carbonyl (C=O) groups is 2. The lowest BCUT2D eigenvalue weighted by Crippen LogP contribution is -2.48. The van der Waals surface area contributed by atoms with Crippen LogP contribution in [-0.2, 0) is 4.79 Å². The van der Waals surface area contributed by atoms with E-state index in [2.05, 4.69) is 10.4 Å². The molecule has 1 aromatic carbocycles. The van der Waals surface area contributed by atoms with Gasteiger partial charge in [0.2, 0.25) is 0 Å². The van der Waals surface area contributed by atoms with Crippen LogP contribution in [0, 0.1) is 0 Å². The normalized spacial score (nSPS) is 21.2. The molecule has 2 N–H and O–H groups in total. The van der Waals surface area contributed by atoms with Crippen molar-refractivity contribution in [2.45, 2.75) is 37.6 Å². The zero-order valence-corrected chi connectivity index (χ0v) is 11.6. The number of phenols is 1. The summed E-state index contributed by atoms with van der Waals surface area (Å²) in [5.41, 5.74) is -0.0419. The smallest absolute Gasteiger partial charge is 0.346 e. The van der Waals surface area contributed by atoms with Gasteiger partial charge in [0.1, 0.15) is 11.3 Å². The molecule has 0 radical (unpaired) electrons. The molecular formula is C15H17N3O3. The molecule has 1 heterocycles. The third kappa shape index (κ3) is 2.49. The van der Waals surface area contributed by atoms with Crippen molar-refractivity contribution in [2.75, 3.05) is 0 Å². The number of nitrogens with one attached hydrogen (secondary N) is 1. The van der Waals surface area contributed by atoms with Crippen molar-refractivity contribution in [1.29, 1.82) is 0 Å². The molecule has 1 aliphatic carbocycles. The van der Waals surface area contributed by atoms with Crippen molar-refractivity contribution in [2.24, 2.45) is 5.10 Å². The Kier molecular flexibility index (Phi) is 3.37. The summed E-state index contributed by atoms with van der Waals surface area (Å²) in [5, 5.41) is 16.9. The Hall–Kier alpha value is -2.37. The molecule has 1 aliphatic heterocycles. The van der Waals surface area contributed by atoms with Gasteiger partial charge in [0.15, 0.2) is 0 Å². The predicted molar refractivity (Wildman–Crippen MR) is 76.9 cm³/mol. The maximum Gasteiger partial charge on any atom is 0.346 e. The summed E-state index contributed by atoms with van der Waals surface area (Å²) in [4.78, 5) is 24.4. The molecule has 3 amide bonds. The molecule has 6 heteroatoms. The first kappa shape index (κ1) is 13.6. The van der Waals surface area contributed by atoms with E-state index in [1.807, 2.05) is 0 Å². The number of hydrazone groups is 1. The van der Waals surface area contributed by atoms with Crippen LogP contribution in [0.2, 0.25) is 0 Å². The molecule has 110 valence electrons. The summed E-state index contributed by atoms with van der Waals surface area (Å²) in [6.45, 7) is 0. The monoisotopic (exact) mass is 287 g/mol. The fraction of sp³-hybridized carbons (Fsp3) is 0.400. The highest BCUT2D eigenvalue weighted by Gasteiger charge is 2.51. The molecule has 1 saturated carbocycles. The van der Waals surface area contributed by atoms with Gasteiger partial charge in [-0.05, 0) is 42.7 Å². The second-order valence-corrected chi connectivity index (χ2v) is 5.53. The van der Waals surface area contributed by atoms with Crippen molar-refractivity contribution in [3.8, 4) is 5.75 Å². The zero-order chi connectivity index (χ0) is 14.9. The van der Waals surface area contributed by atoms with Gasteiger partial charge in [0.25, 0.3) is 5.91 Å². The van der Waals surface area contributed by atoms with E-state index in [1.54, 1.807) is 12.1 Å². The number of amides is 3. The van der Waals surface area contributed by atoms with Crippen molar-refractivity contribution >= 4 is 18.2 Å². The first-order chi connectivity index (χ1) is 10.1. The van der Waals surface area contributed by atoms with Gasteiger partial charge in [0.05, 0.1) is 6.21 Å². The van der Waals surface area contributed by atoms with Crippen LogP contribution in [0.25, 0.3) is 0 Å². The standard InChI is InChI=1S/C15H17N3O3/c19-12-6-4-11(5-7-12)10-16-18-13(20)15(17-14(18)21)8-2-1-3-9-15/h4-7,10,19H,1-3,8-9H2,(H,17,21). The van der Waals surface area contributed by atoms with E-state index in [0.717, 1.165) is 24.3 Å². The number of aromatic hydroxyl groups is 1. The largest absolute Gasteiger partial charge is 0.508 e. The van der Waals surface area contributed by atoms with Gasteiger partial charge >= 0.3 is 6.03 Å². The number of hydrogen-bond donors (Lipinski definition) is 2. The number of hydrogen-bond acceptors (Lipinski definition) is 4. The number of phenolic OH excluding ortho intramolecular Hbond substituents is 1. The van der Waals surface area contributed by atoms with Gasteiger partial charge in [0, 0.05) is 0 Å². The van der Waals surface area contributed by atoms with E-state index in [0.29, 0.717) is 18.4 Å². The second kappa shape index (κ2) is 5.20. The van der Waals surface area contributed by atoms with Crippen LogP contribution in [0.3, 0.4) is 0 Å². The lowest BCUT2D eigenvalue weighted by Gasteiger charge is -2.29. The average molecular weight is 287 g/mol. The predicted octanol–water partition coefficient (Wildman–Crippen LogP) is 1.98. The number of imide groups is 1. The Balaban J connectivity index is 1.77. The van der Waals surface area contributed by atoms with Gasteiger partial charge in [-0.2, -0.15) is 5.10 Å². The van der Waals surface area contributed by atoms with E-state index in [-0.39, 0.29) is 11.7 Å². The fourth-order valence-corrected chi connectivity index (χ4v) is 2.89. The van der Waals surface area contributed by atoms with Gasteiger partial charge in [-0.25, -0.2) is 4.79 Å². The Morgan fingerprint density at radius 2 is 1.81 bits per heavy atom. The Morgan fingerprint density at radius 1 is 1.14 bits per heavy atom. The minimum Gasteiger partial charge on any atom is -0.508 e. The first-order valence-corrected chi connectivity index (χ1v) is 7.10. The minimum absolute atomic E-state index is 0.156. The second-order valence-electron chi connectivity index (χ2n) is 5.53. The van der Waals surface area contributed by atoms with Crippen molar-refractivity contribution in [3.05, 3.63) is 29.8 Å². The highest BCUT2D eigenvalue weighted by molar-refractivity contribution is 6.07. The Bertz CT molecular complexity index is 589. The molecular weight excluding hydrogens is 270 g/mol. The van der Waals surface area contributed by atoms with Gasteiger partial charge in [-0.1, -0.05) is 19.3 Å². The quantitative estimate of drug-likeness (QED) is 0.644. The number of urea groups is 1. The first-order valence-electron chi connectivity index (χ1n) is 7.10. The highest BCUT2D eigenvalue weighted by atomic mass is 16.3. The van der Waals surface area contributed by atoms with E-state index in [9.17, 15) is 14.7 Å².